The van der Waals surface area contributed by atoms with Crippen LogP contribution in [-0.4, -0.2) is 63.4 Å². The zero-order chi connectivity index (χ0) is 22.5. The fourth-order valence-electron chi connectivity index (χ4n) is 3.18. The molecule has 4 rings (SSSR count). The van der Waals surface area contributed by atoms with Crippen molar-refractivity contribution in [1.82, 2.24) is 25.2 Å². The minimum atomic E-state index is -0.599. The van der Waals surface area contributed by atoms with Gasteiger partial charge in [0.05, 0.1) is 16.9 Å². The van der Waals surface area contributed by atoms with Crippen LogP contribution >= 0.6 is 22.9 Å². The Kier molecular flexibility index (Phi) is 7.12. The Morgan fingerprint density at radius 1 is 1.34 bits per heavy atom. The van der Waals surface area contributed by atoms with Gasteiger partial charge in [0.2, 0.25) is 0 Å². The fraction of sp³-hybridized carbons (Fsp3) is 0.300. The first-order chi connectivity index (χ1) is 15.5. The van der Waals surface area contributed by atoms with Crippen LogP contribution in [0.5, 0.6) is 0 Å². The first-order valence-electron chi connectivity index (χ1n) is 10.0. The highest BCUT2D eigenvalue weighted by molar-refractivity contribution is 7.17. The molecule has 12 heteroatoms. The van der Waals surface area contributed by atoms with Crippen molar-refractivity contribution in [2.24, 2.45) is 0 Å². The smallest absolute Gasteiger partial charge is 0.267 e. The third kappa shape index (κ3) is 5.50. The van der Waals surface area contributed by atoms with Gasteiger partial charge in [0.25, 0.3) is 5.91 Å². The summed E-state index contributed by atoms with van der Waals surface area (Å²) >= 11 is 7.40. The van der Waals surface area contributed by atoms with Gasteiger partial charge in [0.15, 0.2) is 11.5 Å². The number of aliphatic hydroxyl groups excluding tert-OH is 1. The van der Waals surface area contributed by atoms with Crippen LogP contribution in [0.25, 0.3) is 0 Å². The lowest BCUT2D eigenvalue weighted by Crippen LogP contribution is -2.38. The molecule has 1 aliphatic heterocycles. The second-order valence-electron chi connectivity index (χ2n) is 7.12. The molecule has 0 radical (unpaired) electrons. The molecule has 0 spiro atoms. The van der Waals surface area contributed by atoms with Crippen molar-refractivity contribution in [2.45, 2.75) is 13.3 Å². The van der Waals surface area contributed by atoms with Gasteiger partial charge in [-0.05, 0) is 18.6 Å². The molecule has 0 aliphatic carbocycles. The van der Waals surface area contributed by atoms with Crippen LogP contribution in [0.15, 0.2) is 36.8 Å². The molecule has 1 aromatic carbocycles. The number of halogens is 1. The van der Waals surface area contributed by atoms with E-state index in [0.29, 0.717) is 45.4 Å². The predicted octanol–water partition coefficient (Wildman–Crippen LogP) is 2.48. The van der Waals surface area contributed by atoms with Gasteiger partial charge in [0.1, 0.15) is 22.8 Å². The summed E-state index contributed by atoms with van der Waals surface area (Å²) in [5.74, 6) is 0.914. The number of benzene rings is 1. The van der Waals surface area contributed by atoms with Gasteiger partial charge in [-0.1, -0.05) is 35.1 Å². The Morgan fingerprint density at radius 2 is 2.19 bits per heavy atom. The van der Waals surface area contributed by atoms with Crippen LogP contribution in [0, 0.1) is 6.92 Å². The van der Waals surface area contributed by atoms with Crippen molar-refractivity contribution in [3.8, 4) is 0 Å². The van der Waals surface area contributed by atoms with Crippen LogP contribution in [-0.2, 0) is 0 Å². The number of para-hydroxylation sites is 1. The molecule has 2 aromatic heterocycles. The molecular weight excluding hydrogens is 452 g/mol. The standard InChI is InChI=1S/C20H23ClN8O2S/c1-12-3-2-4-13(21)17(12)28-18(30)14-10-24-19(32-14)27-16-9-15(25-11-26-16)22-5-7-29-8-6-23-20(29)31/h2-4,9-11,20,23,31H,5-8H2,1H3,(H,28,30)(H2,22,24,25,26,27)/t20-/m1/s1. The van der Waals surface area contributed by atoms with Gasteiger partial charge in [-0.3, -0.25) is 15.0 Å². The zero-order valence-electron chi connectivity index (χ0n) is 17.3. The Morgan fingerprint density at radius 3 is 2.97 bits per heavy atom. The maximum atomic E-state index is 12.6. The molecule has 5 N–H and O–H groups in total. The Labute approximate surface area is 194 Å². The number of carbonyl (C=O) groups excluding carboxylic acids is 1. The van der Waals surface area contributed by atoms with Gasteiger partial charge in [0, 0.05) is 32.2 Å². The van der Waals surface area contributed by atoms with Crippen molar-refractivity contribution in [3.63, 3.8) is 0 Å². The average Bonchev–Trinajstić information content (AvgIpc) is 3.40. The second kappa shape index (κ2) is 10.2. The van der Waals surface area contributed by atoms with Crippen LogP contribution in [0.4, 0.5) is 22.5 Å². The lowest BCUT2D eigenvalue weighted by molar-refractivity contribution is 0.0249. The third-order valence-corrected chi connectivity index (χ3v) is 6.10. The van der Waals surface area contributed by atoms with Crippen LogP contribution in [0.3, 0.4) is 0 Å². The number of aliphatic hydroxyl groups is 1. The van der Waals surface area contributed by atoms with Crippen LogP contribution in [0.1, 0.15) is 15.2 Å². The molecule has 3 heterocycles. The number of carbonyl (C=O) groups is 1. The summed E-state index contributed by atoms with van der Waals surface area (Å²) in [4.78, 5) is 27.6. The summed E-state index contributed by atoms with van der Waals surface area (Å²) in [7, 11) is 0. The van der Waals surface area contributed by atoms with E-state index in [1.165, 1.54) is 23.9 Å². The molecule has 32 heavy (non-hydrogen) atoms. The topological polar surface area (TPSA) is 127 Å². The lowest BCUT2D eigenvalue weighted by Gasteiger charge is -2.19. The molecule has 1 aliphatic rings. The monoisotopic (exact) mass is 474 g/mol. The number of amides is 1. The highest BCUT2D eigenvalue weighted by Crippen LogP contribution is 2.28. The van der Waals surface area contributed by atoms with E-state index in [0.717, 1.165) is 18.7 Å². The molecule has 0 bridgehead atoms. The van der Waals surface area contributed by atoms with Crippen molar-refractivity contribution < 1.29 is 9.90 Å². The van der Waals surface area contributed by atoms with Crippen molar-refractivity contribution in [1.29, 1.82) is 0 Å². The van der Waals surface area contributed by atoms with Crippen molar-refractivity contribution >= 4 is 51.3 Å². The number of thiazole rings is 1. The number of rotatable bonds is 8. The van der Waals surface area contributed by atoms with Gasteiger partial charge < -0.3 is 21.1 Å². The summed E-state index contributed by atoms with van der Waals surface area (Å²) in [6.07, 6.45) is 2.35. The molecular formula is C20H23ClN8O2S. The van der Waals surface area contributed by atoms with E-state index >= 15 is 0 Å². The number of hydrogen-bond donors (Lipinski definition) is 5. The molecule has 1 saturated heterocycles. The highest BCUT2D eigenvalue weighted by atomic mass is 35.5. The Balaban J connectivity index is 1.34. The third-order valence-electron chi connectivity index (χ3n) is 4.87. The fourth-order valence-corrected chi connectivity index (χ4v) is 4.17. The molecule has 0 unspecified atom stereocenters. The first-order valence-corrected chi connectivity index (χ1v) is 11.2. The van der Waals surface area contributed by atoms with Crippen molar-refractivity contribution in [2.75, 3.05) is 42.1 Å². The number of aromatic nitrogens is 3. The minimum Gasteiger partial charge on any atom is -0.369 e. The maximum absolute atomic E-state index is 12.6. The zero-order valence-corrected chi connectivity index (χ0v) is 18.9. The molecule has 1 atom stereocenters. The number of aryl methyl sites for hydroxylation is 1. The van der Waals surface area contributed by atoms with Crippen LogP contribution < -0.4 is 21.3 Å². The van der Waals surface area contributed by atoms with Gasteiger partial charge in [-0.25, -0.2) is 15.0 Å². The van der Waals surface area contributed by atoms with Crippen LogP contribution in [0.2, 0.25) is 5.02 Å². The molecule has 1 fully saturated rings. The molecule has 0 saturated carbocycles. The summed E-state index contributed by atoms with van der Waals surface area (Å²) in [6.45, 7) is 4.76. The van der Waals surface area contributed by atoms with E-state index in [2.05, 4.69) is 36.2 Å². The van der Waals surface area contributed by atoms with E-state index in [4.69, 9.17) is 11.6 Å². The van der Waals surface area contributed by atoms with E-state index in [1.807, 2.05) is 24.0 Å². The van der Waals surface area contributed by atoms with Crippen molar-refractivity contribution in [3.05, 3.63) is 52.3 Å². The number of hydrogen-bond acceptors (Lipinski definition) is 10. The van der Waals surface area contributed by atoms with E-state index in [9.17, 15) is 9.90 Å². The van der Waals surface area contributed by atoms with E-state index < -0.39 is 6.35 Å². The van der Waals surface area contributed by atoms with Gasteiger partial charge in [-0.15, -0.1) is 0 Å². The van der Waals surface area contributed by atoms with E-state index in [-0.39, 0.29) is 5.91 Å². The SMILES string of the molecule is Cc1cccc(Cl)c1NC(=O)c1cnc(Nc2cc(NCCN3CCN[C@H]3O)ncn2)s1. The number of anilines is 4. The molecule has 1 amide bonds. The molecule has 168 valence electrons. The Hall–Kier alpha value is -2.83. The number of nitrogens with zero attached hydrogens (tertiary/aromatic N) is 4. The number of nitrogens with one attached hydrogen (secondary N) is 4. The Bertz CT molecular complexity index is 1070. The van der Waals surface area contributed by atoms with Gasteiger partial charge in [-0.2, -0.15) is 0 Å². The summed E-state index contributed by atoms with van der Waals surface area (Å²) in [6, 6.07) is 7.20. The lowest BCUT2D eigenvalue weighted by atomic mass is 10.2. The average molecular weight is 475 g/mol. The second-order valence-corrected chi connectivity index (χ2v) is 8.56. The summed E-state index contributed by atoms with van der Waals surface area (Å²) in [5.41, 5.74) is 1.47. The van der Waals surface area contributed by atoms with Gasteiger partial charge >= 0.3 is 0 Å². The first kappa shape index (κ1) is 22.4. The quantitative estimate of drug-likeness (QED) is 0.334. The summed E-state index contributed by atoms with van der Waals surface area (Å²) in [5, 5.41) is 22.9. The maximum Gasteiger partial charge on any atom is 0.267 e. The molecule has 3 aromatic rings. The highest BCUT2D eigenvalue weighted by Gasteiger charge is 2.20. The van der Waals surface area contributed by atoms with E-state index in [1.54, 1.807) is 12.1 Å². The normalized spacial score (nSPS) is 16.2. The predicted molar refractivity (Wildman–Crippen MR) is 126 cm³/mol. The largest absolute Gasteiger partial charge is 0.369 e. The minimum absolute atomic E-state index is 0.282. The molecule has 10 nitrogen and oxygen atoms in total. The summed E-state index contributed by atoms with van der Waals surface area (Å²) < 4.78 is 0.